The SMILES string of the molecule is CC(C)NC(=O)CCCC(=O)NC1CCc2c(O)cccc21. The van der Waals surface area contributed by atoms with Crippen molar-refractivity contribution in [2.45, 2.75) is 58.0 Å². The molecule has 5 nitrogen and oxygen atoms in total. The van der Waals surface area contributed by atoms with Crippen LogP contribution in [0.25, 0.3) is 0 Å². The first-order valence-electron chi connectivity index (χ1n) is 7.87. The summed E-state index contributed by atoms with van der Waals surface area (Å²) in [4.78, 5) is 23.5. The van der Waals surface area contributed by atoms with E-state index in [1.807, 2.05) is 19.9 Å². The number of amides is 2. The lowest BCUT2D eigenvalue weighted by molar-refractivity contribution is -0.123. The van der Waals surface area contributed by atoms with E-state index in [1.165, 1.54) is 0 Å². The van der Waals surface area contributed by atoms with Gasteiger partial charge in [-0.3, -0.25) is 9.59 Å². The van der Waals surface area contributed by atoms with Gasteiger partial charge in [0.05, 0.1) is 6.04 Å². The molecule has 0 heterocycles. The van der Waals surface area contributed by atoms with E-state index in [0.29, 0.717) is 25.0 Å². The second-order valence-electron chi connectivity index (χ2n) is 6.08. The van der Waals surface area contributed by atoms with Crippen molar-refractivity contribution >= 4 is 11.8 Å². The molecule has 0 spiro atoms. The van der Waals surface area contributed by atoms with Crippen molar-refractivity contribution in [1.82, 2.24) is 10.6 Å². The van der Waals surface area contributed by atoms with Crippen LogP contribution < -0.4 is 10.6 Å². The minimum absolute atomic E-state index is 0.0149. The maximum absolute atomic E-state index is 12.0. The number of carbonyl (C=O) groups excluding carboxylic acids is 2. The summed E-state index contributed by atoms with van der Waals surface area (Å²) in [5.74, 6) is 0.247. The predicted octanol–water partition coefficient (Wildman–Crippen LogP) is 2.19. The zero-order valence-corrected chi connectivity index (χ0v) is 13.2. The first-order valence-corrected chi connectivity index (χ1v) is 7.87. The topological polar surface area (TPSA) is 78.4 Å². The van der Waals surface area contributed by atoms with E-state index in [9.17, 15) is 14.7 Å². The zero-order valence-electron chi connectivity index (χ0n) is 13.2. The fourth-order valence-electron chi connectivity index (χ4n) is 2.86. The quantitative estimate of drug-likeness (QED) is 0.754. The number of fused-ring (bicyclic) bond motifs is 1. The van der Waals surface area contributed by atoms with E-state index in [1.54, 1.807) is 12.1 Å². The van der Waals surface area contributed by atoms with Crippen LogP contribution in [0, 0.1) is 0 Å². The summed E-state index contributed by atoms with van der Waals surface area (Å²) in [5, 5.41) is 15.6. The minimum Gasteiger partial charge on any atom is -0.508 e. The second kappa shape index (κ2) is 7.29. The van der Waals surface area contributed by atoms with Gasteiger partial charge in [0.1, 0.15) is 5.75 Å². The molecule has 1 aliphatic rings. The Morgan fingerprint density at radius 2 is 2.00 bits per heavy atom. The third kappa shape index (κ3) is 4.23. The highest BCUT2D eigenvalue weighted by Gasteiger charge is 2.25. The lowest BCUT2D eigenvalue weighted by atomic mass is 10.1. The molecule has 2 amide bonds. The minimum atomic E-state index is -0.0430. The highest BCUT2D eigenvalue weighted by molar-refractivity contribution is 5.79. The number of nitrogens with one attached hydrogen (secondary N) is 2. The Morgan fingerprint density at radius 1 is 1.27 bits per heavy atom. The Bertz CT molecular complexity index is 555. The van der Waals surface area contributed by atoms with Gasteiger partial charge in [-0.15, -0.1) is 0 Å². The highest BCUT2D eigenvalue weighted by Crippen LogP contribution is 2.36. The molecule has 22 heavy (non-hydrogen) atoms. The van der Waals surface area contributed by atoms with E-state index < -0.39 is 0 Å². The van der Waals surface area contributed by atoms with Crippen molar-refractivity contribution in [2.75, 3.05) is 0 Å². The number of hydrogen-bond donors (Lipinski definition) is 3. The molecule has 1 aromatic rings. The summed E-state index contributed by atoms with van der Waals surface area (Å²) >= 11 is 0. The van der Waals surface area contributed by atoms with Gasteiger partial charge in [-0.25, -0.2) is 0 Å². The molecule has 0 saturated heterocycles. The van der Waals surface area contributed by atoms with Crippen LogP contribution in [0.5, 0.6) is 5.75 Å². The largest absolute Gasteiger partial charge is 0.508 e. The van der Waals surface area contributed by atoms with Gasteiger partial charge in [0.2, 0.25) is 11.8 Å². The molecule has 1 atom stereocenters. The molecule has 5 heteroatoms. The number of aromatic hydroxyl groups is 1. The fourth-order valence-corrected chi connectivity index (χ4v) is 2.86. The van der Waals surface area contributed by atoms with Crippen molar-refractivity contribution in [2.24, 2.45) is 0 Å². The van der Waals surface area contributed by atoms with E-state index in [-0.39, 0.29) is 23.9 Å². The van der Waals surface area contributed by atoms with Crippen molar-refractivity contribution in [1.29, 1.82) is 0 Å². The molecule has 120 valence electrons. The molecule has 1 unspecified atom stereocenters. The molecule has 1 aromatic carbocycles. The molecule has 0 saturated carbocycles. The van der Waals surface area contributed by atoms with Crippen LogP contribution in [0.1, 0.15) is 56.7 Å². The lowest BCUT2D eigenvalue weighted by Gasteiger charge is -2.14. The zero-order chi connectivity index (χ0) is 16.1. The van der Waals surface area contributed by atoms with Crippen molar-refractivity contribution in [3.05, 3.63) is 29.3 Å². The summed E-state index contributed by atoms with van der Waals surface area (Å²) in [5.41, 5.74) is 1.94. The second-order valence-corrected chi connectivity index (χ2v) is 6.08. The maximum Gasteiger partial charge on any atom is 0.220 e. The van der Waals surface area contributed by atoms with Crippen LogP contribution in [0.2, 0.25) is 0 Å². The van der Waals surface area contributed by atoms with Gasteiger partial charge < -0.3 is 15.7 Å². The summed E-state index contributed by atoms with van der Waals surface area (Å²) in [6, 6.07) is 5.53. The third-order valence-electron chi connectivity index (χ3n) is 3.84. The smallest absolute Gasteiger partial charge is 0.220 e. The van der Waals surface area contributed by atoms with Crippen LogP contribution in [0.15, 0.2) is 18.2 Å². The van der Waals surface area contributed by atoms with Crippen molar-refractivity contribution < 1.29 is 14.7 Å². The standard InChI is InChI=1S/C17H24N2O3/c1-11(2)18-16(21)7-4-8-17(22)19-14-10-9-13-12(14)5-3-6-15(13)20/h3,5-6,11,14,20H,4,7-10H2,1-2H3,(H,18,21)(H,19,22). The van der Waals surface area contributed by atoms with Crippen molar-refractivity contribution in [3.63, 3.8) is 0 Å². The molecule has 0 aromatic heterocycles. The first-order chi connectivity index (χ1) is 10.5. The highest BCUT2D eigenvalue weighted by atomic mass is 16.3. The fraction of sp³-hybridized carbons (Fsp3) is 0.529. The predicted molar refractivity (Wildman–Crippen MR) is 84.4 cm³/mol. The lowest BCUT2D eigenvalue weighted by Crippen LogP contribution is -2.30. The molecular weight excluding hydrogens is 280 g/mol. The van der Waals surface area contributed by atoms with Crippen LogP contribution in [0.3, 0.4) is 0 Å². The number of phenols is 1. The average Bonchev–Trinajstić information content (AvgIpc) is 2.82. The number of rotatable bonds is 6. The molecule has 0 bridgehead atoms. The summed E-state index contributed by atoms with van der Waals surface area (Å²) in [6.45, 7) is 3.83. The molecule has 1 aliphatic carbocycles. The maximum atomic E-state index is 12.0. The molecule has 2 rings (SSSR count). The summed E-state index contributed by atoms with van der Waals surface area (Å²) in [7, 11) is 0. The monoisotopic (exact) mass is 304 g/mol. The van der Waals surface area contributed by atoms with Crippen LogP contribution in [-0.4, -0.2) is 23.0 Å². The van der Waals surface area contributed by atoms with E-state index in [2.05, 4.69) is 10.6 Å². The van der Waals surface area contributed by atoms with Crippen LogP contribution in [-0.2, 0) is 16.0 Å². The molecule has 0 aliphatic heterocycles. The molecule has 3 N–H and O–H groups in total. The van der Waals surface area contributed by atoms with Gasteiger partial charge >= 0.3 is 0 Å². The third-order valence-corrected chi connectivity index (χ3v) is 3.84. The average molecular weight is 304 g/mol. The Morgan fingerprint density at radius 3 is 2.73 bits per heavy atom. The Balaban J connectivity index is 1.78. The summed E-state index contributed by atoms with van der Waals surface area (Å²) < 4.78 is 0. The normalized spacial score (nSPS) is 16.4. The van der Waals surface area contributed by atoms with Crippen molar-refractivity contribution in [3.8, 4) is 5.75 Å². The summed E-state index contributed by atoms with van der Waals surface area (Å²) in [6.07, 6.45) is 2.85. The number of benzene rings is 1. The van der Waals surface area contributed by atoms with Gasteiger partial charge in [-0.1, -0.05) is 12.1 Å². The molecule has 0 fully saturated rings. The van der Waals surface area contributed by atoms with E-state index >= 15 is 0 Å². The van der Waals surface area contributed by atoms with Gasteiger partial charge in [-0.05, 0) is 50.3 Å². The molecular formula is C17H24N2O3. The molecule has 0 radical (unpaired) electrons. The van der Waals surface area contributed by atoms with Gasteiger partial charge in [0.15, 0.2) is 0 Å². The number of hydrogen-bond acceptors (Lipinski definition) is 3. The van der Waals surface area contributed by atoms with E-state index in [0.717, 1.165) is 24.0 Å². The van der Waals surface area contributed by atoms with Gasteiger partial charge in [-0.2, -0.15) is 0 Å². The Hall–Kier alpha value is -2.04. The Labute approximate surface area is 131 Å². The van der Waals surface area contributed by atoms with Gasteiger partial charge in [0.25, 0.3) is 0 Å². The van der Waals surface area contributed by atoms with Gasteiger partial charge in [0, 0.05) is 18.9 Å². The Kier molecular flexibility index (Phi) is 5.41. The van der Waals surface area contributed by atoms with E-state index in [4.69, 9.17) is 0 Å². The number of phenolic OH excluding ortho intramolecular Hbond substituents is 1. The first kappa shape index (κ1) is 16.3. The van der Waals surface area contributed by atoms with Crippen LogP contribution in [0.4, 0.5) is 0 Å². The van der Waals surface area contributed by atoms with Crippen LogP contribution >= 0.6 is 0 Å². The number of carbonyl (C=O) groups is 2.